The summed E-state index contributed by atoms with van der Waals surface area (Å²) in [6.45, 7) is 5.65. The third kappa shape index (κ3) is 3.15. The fourth-order valence-electron chi connectivity index (χ4n) is 2.13. The minimum Gasteiger partial charge on any atom is -0.281 e. The number of allylic oxidation sites excluding steroid dienone is 1. The highest BCUT2D eigenvalue weighted by Gasteiger charge is 2.22. The molecule has 102 valence electrons. The molecule has 1 amide bonds. The highest BCUT2D eigenvalue weighted by molar-refractivity contribution is 6.01. The Kier molecular flexibility index (Phi) is 4.72. The van der Waals surface area contributed by atoms with Crippen LogP contribution in [-0.2, 0) is 4.79 Å². The first-order valence-electron chi connectivity index (χ1n) is 6.79. The molecule has 0 bridgehead atoms. The minimum atomic E-state index is -0.0899. The van der Waals surface area contributed by atoms with Crippen molar-refractivity contribution in [3.63, 3.8) is 0 Å². The molecule has 0 unspecified atom stereocenters. The van der Waals surface area contributed by atoms with Crippen LogP contribution in [0.25, 0.3) is 0 Å². The van der Waals surface area contributed by atoms with Crippen molar-refractivity contribution in [1.29, 1.82) is 0 Å². The van der Waals surface area contributed by atoms with Gasteiger partial charge in [0, 0.05) is 17.3 Å². The van der Waals surface area contributed by atoms with Gasteiger partial charge in [0.1, 0.15) is 0 Å². The van der Waals surface area contributed by atoms with Crippen molar-refractivity contribution in [2.24, 2.45) is 5.92 Å². The summed E-state index contributed by atoms with van der Waals surface area (Å²) in [5, 5.41) is 0. The van der Waals surface area contributed by atoms with Gasteiger partial charge in [-0.25, -0.2) is 0 Å². The van der Waals surface area contributed by atoms with E-state index in [-0.39, 0.29) is 11.8 Å². The van der Waals surface area contributed by atoms with Crippen LogP contribution in [0.15, 0.2) is 73.3 Å². The molecule has 0 fully saturated rings. The topological polar surface area (TPSA) is 20.3 Å². The number of nitrogens with zero attached hydrogens (tertiary/aromatic N) is 1. The molecule has 0 radical (unpaired) electrons. The fraction of sp³-hybridized carbons (Fsp3) is 0.167. The van der Waals surface area contributed by atoms with Crippen LogP contribution in [0.5, 0.6) is 0 Å². The fourth-order valence-corrected chi connectivity index (χ4v) is 2.13. The number of rotatable bonds is 5. The normalized spacial score (nSPS) is 11.7. The molecule has 1 atom stereocenters. The molecule has 0 aliphatic carbocycles. The quantitative estimate of drug-likeness (QED) is 0.725. The van der Waals surface area contributed by atoms with E-state index in [1.165, 1.54) is 0 Å². The van der Waals surface area contributed by atoms with Crippen LogP contribution in [0, 0.1) is 5.92 Å². The lowest BCUT2D eigenvalue weighted by molar-refractivity contribution is -0.121. The molecule has 0 spiro atoms. The smallest absolute Gasteiger partial charge is 0.234 e. The maximum Gasteiger partial charge on any atom is 0.234 e. The summed E-state index contributed by atoms with van der Waals surface area (Å²) in [6, 6.07) is 19.5. The number of benzene rings is 2. The zero-order chi connectivity index (χ0) is 14.4. The molecule has 2 aromatic carbocycles. The van der Waals surface area contributed by atoms with Gasteiger partial charge in [-0.05, 0) is 30.7 Å². The molecule has 0 aliphatic rings. The van der Waals surface area contributed by atoms with E-state index in [9.17, 15) is 4.79 Å². The van der Waals surface area contributed by atoms with E-state index >= 15 is 0 Å². The Balaban J connectivity index is 2.40. The summed E-state index contributed by atoms with van der Waals surface area (Å²) in [7, 11) is 0. The first-order valence-corrected chi connectivity index (χ1v) is 6.79. The molecular formula is C18H19NO. The molecule has 2 nitrogen and oxygen atoms in total. The van der Waals surface area contributed by atoms with E-state index in [0.717, 1.165) is 11.4 Å². The van der Waals surface area contributed by atoms with E-state index in [4.69, 9.17) is 0 Å². The van der Waals surface area contributed by atoms with Gasteiger partial charge >= 0.3 is 0 Å². The SMILES string of the molecule is C=CC[C@H](C)C(=O)N(c1ccccc1)c1ccccc1. The molecule has 0 heterocycles. The van der Waals surface area contributed by atoms with Gasteiger partial charge in [0.2, 0.25) is 5.91 Å². The summed E-state index contributed by atoms with van der Waals surface area (Å²) in [5.74, 6) is -0.00443. The van der Waals surface area contributed by atoms with Crippen LogP contribution in [0.4, 0.5) is 11.4 Å². The monoisotopic (exact) mass is 265 g/mol. The van der Waals surface area contributed by atoms with E-state index in [1.54, 1.807) is 11.0 Å². The van der Waals surface area contributed by atoms with Gasteiger partial charge < -0.3 is 0 Å². The lowest BCUT2D eigenvalue weighted by Gasteiger charge is -2.25. The standard InChI is InChI=1S/C18H19NO/c1-3-10-15(2)18(20)19(16-11-6-4-7-12-16)17-13-8-5-9-14-17/h3-9,11-15H,1,10H2,2H3/t15-/m0/s1. The summed E-state index contributed by atoms with van der Waals surface area (Å²) < 4.78 is 0. The van der Waals surface area contributed by atoms with Gasteiger partial charge in [0.05, 0.1) is 0 Å². The van der Waals surface area contributed by atoms with Crippen LogP contribution < -0.4 is 4.90 Å². The zero-order valence-electron chi connectivity index (χ0n) is 11.7. The van der Waals surface area contributed by atoms with Crippen LogP contribution >= 0.6 is 0 Å². The minimum absolute atomic E-state index is 0.0855. The summed E-state index contributed by atoms with van der Waals surface area (Å²) in [4.78, 5) is 14.5. The number of para-hydroxylation sites is 2. The predicted molar refractivity (Wildman–Crippen MR) is 84.0 cm³/mol. The van der Waals surface area contributed by atoms with Crippen LogP contribution in [0.3, 0.4) is 0 Å². The van der Waals surface area contributed by atoms with Crippen molar-refractivity contribution in [1.82, 2.24) is 0 Å². The third-order valence-corrected chi connectivity index (χ3v) is 3.19. The summed E-state index contributed by atoms with van der Waals surface area (Å²) in [5.41, 5.74) is 1.78. The zero-order valence-corrected chi connectivity index (χ0v) is 11.7. The van der Waals surface area contributed by atoms with E-state index < -0.39 is 0 Å². The molecule has 0 saturated heterocycles. The molecular weight excluding hydrogens is 246 g/mol. The van der Waals surface area contributed by atoms with Crippen molar-refractivity contribution < 1.29 is 4.79 Å². The molecule has 2 heteroatoms. The number of hydrogen-bond acceptors (Lipinski definition) is 1. The van der Waals surface area contributed by atoms with Crippen molar-refractivity contribution in [2.45, 2.75) is 13.3 Å². The van der Waals surface area contributed by atoms with Gasteiger partial charge in [-0.15, -0.1) is 6.58 Å². The number of hydrogen-bond donors (Lipinski definition) is 0. The Morgan fingerprint density at radius 1 is 1.05 bits per heavy atom. The second-order valence-corrected chi connectivity index (χ2v) is 4.77. The first kappa shape index (κ1) is 14.1. The van der Waals surface area contributed by atoms with E-state index in [2.05, 4.69) is 6.58 Å². The molecule has 0 aliphatic heterocycles. The largest absolute Gasteiger partial charge is 0.281 e. The lowest BCUT2D eigenvalue weighted by atomic mass is 10.1. The first-order chi connectivity index (χ1) is 9.74. The summed E-state index contributed by atoms with van der Waals surface area (Å²) in [6.07, 6.45) is 2.46. The molecule has 20 heavy (non-hydrogen) atoms. The molecule has 2 rings (SSSR count). The van der Waals surface area contributed by atoms with Crippen LogP contribution in [0.1, 0.15) is 13.3 Å². The maximum absolute atomic E-state index is 12.7. The van der Waals surface area contributed by atoms with E-state index in [0.29, 0.717) is 6.42 Å². The maximum atomic E-state index is 12.7. The van der Waals surface area contributed by atoms with Crippen molar-refractivity contribution in [3.8, 4) is 0 Å². The third-order valence-electron chi connectivity index (χ3n) is 3.19. The molecule has 2 aromatic rings. The van der Waals surface area contributed by atoms with Crippen molar-refractivity contribution >= 4 is 17.3 Å². The number of carbonyl (C=O) groups excluding carboxylic acids is 1. The number of carbonyl (C=O) groups is 1. The average molecular weight is 265 g/mol. The Morgan fingerprint density at radius 3 is 1.90 bits per heavy atom. The lowest BCUT2D eigenvalue weighted by Crippen LogP contribution is -2.30. The molecule has 0 N–H and O–H groups in total. The number of anilines is 2. The number of amides is 1. The van der Waals surface area contributed by atoms with Gasteiger partial charge in [0.15, 0.2) is 0 Å². The Labute approximate surface area is 120 Å². The molecule has 0 aromatic heterocycles. The van der Waals surface area contributed by atoms with Crippen molar-refractivity contribution in [2.75, 3.05) is 4.90 Å². The Hall–Kier alpha value is -2.35. The van der Waals surface area contributed by atoms with Gasteiger partial charge in [0.25, 0.3) is 0 Å². The van der Waals surface area contributed by atoms with Gasteiger partial charge in [-0.3, -0.25) is 9.69 Å². The Morgan fingerprint density at radius 2 is 1.50 bits per heavy atom. The van der Waals surface area contributed by atoms with Crippen LogP contribution in [-0.4, -0.2) is 5.91 Å². The summed E-state index contributed by atoms with van der Waals surface area (Å²) >= 11 is 0. The van der Waals surface area contributed by atoms with Gasteiger partial charge in [-0.2, -0.15) is 0 Å². The second kappa shape index (κ2) is 6.71. The van der Waals surface area contributed by atoms with Crippen molar-refractivity contribution in [3.05, 3.63) is 73.3 Å². The van der Waals surface area contributed by atoms with E-state index in [1.807, 2.05) is 67.6 Å². The highest BCUT2D eigenvalue weighted by atomic mass is 16.2. The Bertz CT molecular complexity index is 523. The van der Waals surface area contributed by atoms with Gasteiger partial charge in [-0.1, -0.05) is 49.4 Å². The average Bonchev–Trinajstić information content (AvgIpc) is 2.50. The van der Waals surface area contributed by atoms with Crippen LogP contribution in [0.2, 0.25) is 0 Å². The highest BCUT2D eigenvalue weighted by Crippen LogP contribution is 2.27. The molecule has 0 saturated carbocycles. The second-order valence-electron chi connectivity index (χ2n) is 4.77. The predicted octanol–water partition coefficient (Wildman–Crippen LogP) is 4.56.